The van der Waals surface area contributed by atoms with Crippen molar-refractivity contribution in [2.24, 2.45) is 0 Å². The van der Waals surface area contributed by atoms with Crippen LogP contribution in [0.1, 0.15) is 6.92 Å². The minimum absolute atomic E-state index is 0.149. The molecule has 1 aromatic heterocycles. The van der Waals surface area contributed by atoms with E-state index in [-0.39, 0.29) is 17.3 Å². The molecule has 0 aliphatic carbocycles. The molecule has 0 radical (unpaired) electrons. The number of nitro benzene ring substituents is 1. The highest BCUT2D eigenvalue weighted by atomic mass is 32.2. The van der Waals surface area contributed by atoms with Gasteiger partial charge in [-0.15, -0.1) is 10.2 Å². The van der Waals surface area contributed by atoms with Gasteiger partial charge in [-0.2, -0.15) is 0 Å². The normalized spacial score (nSPS) is 11.6. The molecule has 0 aliphatic heterocycles. The summed E-state index contributed by atoms with van der Waals surface area (Å²) in [4.78, 5) is 23.1. The van der Waals surface area contributed by atoms with Crippen molar-refractivity contribution in [2.75, 3.05) is 12.4 Å². The number of para-hydroxylation sites is 4. The number of rotatable bonds is 7. The Morgan fingerprint density at radius 2 is 1.96 bits per heavy atom. The Balaban J connectivity index is 1.78. The van der Waals surface area contributed by atoms with Gasteiger partial charge in [0.2, 0.25) is 5.91 Å². The first kappa shape index (κ1) is 19.4. The van der Waals surface area contributed by atoms with Crippen LogP contribution in [-0.2, 0) is 4.79 Å². The molecule has 1 atom stereocenters. The number of nitrogens with zero attached hydrogens (tertiary/aromatic N) is 4. The van der Waals surface area contributed by atoms with E-state index in [9.17, 15) is 14.9 Å². The third kappa shape index (κ3) is 4.12. The van der Waals surface area contributed by atoms with E-state index < -0.39 is 10.2 Å². The number of benzene rings is 2. The number of aromatic nitrogens is 3. The predicted octanol–water partition coefficient (Wildman–Crippen LogP) is 3.30. The number of carbonyl (C=O) groups is 1. The van der Waals surface area contributed by atoms with Crippen molar-refractivity contribution in [3.8, 4) is 11.4 Å². The maximum Gasteiger partial charge on any atom is 0.292 e. The Morgan fingerprint density at radius 1 is 1.25 bits per heavy atom. The molecule has 0 bridgehead atoms. The highest BCUT2D eigenvalue weighted by molar-refractivity contribution is 8.00. The molecule has 0 fully saturated rings. The smallest absolute Gasteiger partial charge is 0.292 e. The summed E-state index contributed by atoms with van der Waals surface area (Å²) in [7, 11) is 1.57. The van der Waals surface area contributed by atoms with Crippen LogP contribution in [0.3, 0.4) is 0 Å². The topological polar surface area (TPSA) is 112 Å². The number of amides is 1. The molecule has 3 rings (SSSR count). The summed E-state index contributed by atoms with van der Waals surface area (Å²) >= 11 is 1.18. The van der Waals surface area contributed by atoms with Crippen molar-refractivity contribution in [2.45, 2.75) is 17.3 Å². The molecule has 3 aromatic rings. The first-order chi connectivity index (χ1) is 13.5. The van der Waals surface area contributed by atoms with Crippen LogP contribution in [0.4, 0.5) is 11.4 Å². The number of nitro groups is 1. The summed E-state index contributed by atoms with van der Waals surface area (Å²) in [5.41, 5.74) is 0.727. The number of anilines is 1. The molecule has 0 saturated heterocycles. The quantitative estimate of drug-likeness (QED) is 0.368. The number of nitrogens with one attached hydrogen (secondary N) is 1. The molecule has 0 spiro atoms. The van der Waals surface area contributed by atoms with Crippen molar-refractivity contribution >= 4 is 29.0 Å². The lowest BCUT2D eigenvalue weighted by Crippen LogP contribution is -2.23. The molecule has 1 amide bonds. The maximum atomic E-state index is 12.5. The standard InChI is InChI=1S/C18H17N5O4S/c1-12(17(24)20-13-7-3-4-8-14(13)23(25)26)28-18-21-19-11-22(18)15-9-5-6-10-16(15)27-2/h3-12H,1-2H3,(H,20,24). The lowest BCUT2D eigenvalue weighted by Gasteiger charge is -2.14. The van der Waals surface area contributed by atoms with Crippen molar-refractivity contribution in [1.29, 1.82) is 0 Å². The second kappa shape index (κ2) is 8.53. The van der Waals surface area contributed by atoms with Crippen LogP contribution in [0, 0.1) is 10.1 Å². The van der Waals surface area contributed by atoms with Gasteiger partial charge < -0.3 is 10.1 Å². The van der Waals surface area contributed by atoms with Gasteiger partial charge in [-0.1, -0.05) is 36.0 Å². The van der Waals surface area contributed by atoms with Gasteiger partial charge in [0.1, 0.15) is 17.8 Å². The van der Waals surface area contributed by atoms with E-state index in [1.807, 2.05) is 24.3 Å². The van der Waals surface area contributed by atoms with Crippen molar-refractivity contribution in [3.63, 3.8) is 0 Å². The van der Waals surface area contributed by atoms with Crippen LogP contribution >= 0.6 is 11.8 Å². The largest absolute Gasteiger partial charge is 0.495 e. The molecular formula is C18H17N5O4S. The average molecular weight is 399 g/mol. The van der Waals surface area contributed by atoms with E-state index in [1.165, 1.54) is 30.2 Å². The molecule has 1 unspecified atom stereocenters. The first-order valence-electron chi connectivity index (χ1n) is 8.25. The van der Waals surface area contributed by atoms with Gasteiger partial charge in [0.15, 0.2) is 5.16 Å². The van der Waals surface area contributed by atoms with E-state index in [2.05, 4.69) is 15.5 Å². The minimum Gasteiger partial charge on any atom is -0.495 e. The number of ether oxygens (including phenoxy) is 1. The Labute approximate surface area is 164 Å². The van der Waals surface area contributed by atoms with Gasteiger partial charge in [0.25, 0.3) is 5.69 Å². The number of hydrogen-bond donors (Lipinski definition) is 1. The summed E-state index contributed by atoms with van der Waals surface area (Å²) in [6.45, 7) is 1.69. The molecule has 1 heterocycles. The van der Waals surface area contributed by atoms with Gasteiger partial charge in [-0.3, -0.25) is 19.5 Å². The molecule has 2 aromatic carbocycles. The summed E-state index contributed by atoms with van der Waals surface area (Å²) in [5.74, 6) is 0.259. The molecule has 10 heteroatoms. The first-order valence-corrected chi connectivity index (χ1v) is 9.13. The van der Waals surface area contributed by atoms with Crippen LogP contribution in [0.25, 0.3) is 5.69 Å². The van der Waals surface area contributed by atoms with E-state index in [0.29, 0.717) is 10.9 Å². The molecular weight excluding hydrogens is 382 g/mol. The molecule has 144 valence electrons. The zero-order valence-corrected chi connectivity index (χ0v) is 15.9. The zero-order chi connectivity index (χ0) is 20.1. The van der Waals surface area contributed by atoms with Crippen LogP contribution in [0.5, 0.6) is 5.75 Å². The molecule has 0 aliphatic rings. The fourth-order valence-electron chi connectivity index (χ4n) is 2.48. The Morgan fingerprint density at radius 3 is 2.71 bits per heavy atom. The summed E-state index contributed by atoms with van der Waals surface area (Å²) in [6.07, 6.45) is 1.53. The van der Waals surface area contributed by atoms with Gasteiger partial charge in [0, 0.05) is 6.07 Å². The van der Waals surface area contributed by atoms with Gasteiger partial charge >= 0.3 is 0 Å². The second-order valence-electron chi connectivity index (χ2n) is 5.68. The van der Waals surface area contributed by atoms with E-state index in [1.54, 1.807) is 30.7 Å². The monoisotopic (exact) mass is 399 g/mol. The lowest BCUT2D eigenvalue weighted by atomic mass is 10.2. The van der Waals surface area contributed by atoms with Gasteiger partial charge in [0.05, 0.1) is 23.0 Å². The van der Waals surface area contributed by atoms with Crippen molar-refractivity contribution in [1.82, 2.24) is 14.8 Å². The average Bonchev–Trinajstić information content (AvgIpc) is 3.16. The highest BCUT2D eigenvalue weighted by Crippen LogP contribution is 2.30. The lowest BCUT2D eigenvalue weighted by molar-refractivity contribution is -0.383. The minimum atomic E-state index is -0.572. The van der Waals surface area contributed by atoms with E-state index in [0.717, 1.165) is 5.69 Å². The fraction of sp³-hybridized carbons (Fsp3) is 0.167. The van der Waals surface area contributed by atoms with Crippen LogP contribution in [0.2, 0.25) is 0 Å². The number of hydrogen-bond acceptors (Lipinski definition) is 7. The Kier molecular flexibility index (Phi) is 5.90. The molecule has 0 saturated carbocycles. The van der Waals surface area contributed by atoms with Gasteiger partial charge in [-0.25, -0.2) is 0 Å². The Bertz CT molecular complexity index is 1010. The van der Waals surface area contributed by atoms with Crippen LogP contribution in [0.15, 0.2) is 60.0 Å². The summed E-state index contributed by atoms with van der Waals surface area (Å²) < 4.78 is 7.08. The fourth-order valence-corrected chi connectivity index (χ4v) is 3.32. The van der Waals surface area contributed by atoms with E-state index in [4.69, 9.17) is 4.74 Å². The summed E-state index contributed by atoms with van der Waals surface area (Å²) in [6, 6.07) is 13.4. The van der Waals surface area contributed by atoms with Crippen LogP contribution < -0.4 is 10.1 Å². The molecule has 28 heavy (non-hydrogen) atoms. The third-order valence-corrected chi connectivity index (χ3v) is 4.93. The Hall–Kier alpha value is -3.40. The zero-order valence-electron chi connectivity index (χ0n) is 15.1. The second-order valence-corrected chi connectivity index (χ2v) is 6.99. The SMILES string of the molecule is COc1ccccc1-n1cnnc1SC(C)C(=O)Nc1ccccc1[N+](=O)[O-]. The van der Waals surface area contributed by atoms with Crippen LogP contribution in [-0.4, -0.2) is 38.0 Å². The summed E-state index contributed by atoms with van der Waals surface area (Å²) in [5, 5.41) is 21.6. The highest BCUT2D eigenvalue weighted by Gasteiger charge is 2.22. The molecule has 1 N–H and O–H groups in total. The predicted molar refractivity (Wildman–Crippen MR) is 105 cm³/mol. The van der Waals surface area contributed by atoms with E-state index >= 15 is 0 Å². The number of carbonyl (C=O) groups excluding carboxylic acids is 1. The number of thioether (sulfide) groups is 1. The third-order valence-electron chi connectivity index (χ3n) is 3.87. The van der Waals surface area contributed by atoms with Crippen molar-refractivity contribution < 1.29 is 14.5 Å². The van der Waals surface area contributed by atoms with Gasteiger partial charge in [-0.05, 0) is 25.1 Å². The maximum absolute atomic E-state index is 12.5. The van der Waals surface area contributed by atoms with Crippen molar-refractivity contribution in [3.05, 3.63) is 65.0 Å². The number of methoxy groups -OCH3 is 1. The molecule has 9 nitrogen and oxygen atoms in total.